The molecule has 0 radical (unpaired) electrons. The molecule has 0 aromatic heterocycles. The first-order valence-electron chi connectivity index (χ1n) is 4.31. The van der Waals surface area contributed by atoms with Crippen LogP contribution in [0.4, 0.5) is 4.79 Å². The Hall–Kier alpha value is -0.810. The largest absolute Gasteiger partial charge is 0.453 e. The number of methoxy groups -OCH3 is 1. The van der Waals surface area contributed by atoms with Gasteiger partial charge in [-0.1, -0.05) is 0 Å². The van der Waals surface area contributed by atoms with Gasteiger partial charge < -0.3 is 20.5 Å². The lowest BCUT2D eigenvalue weighted by Gasteiger charge is -2.48. The molecule has 1 aliphatic rings. The SMILES string of the molecule is COC(=O)N1CC(CN)(CCO)C1. The molecule has 1 amide bonds. The first kappa shape index (κ1) is 10.3. The van der Waals surface area contributed by atoms with Crippen molar-refractivity contribution in [1.29, 1.82) is 0 Å². The number of likely N-dealkylation sites (tertiary alicyclic amines) is 1. The second-order valence-electron chi connectivity index (χ2n) is 3.50. The van der Waals surface area contributed by atoms with Gasteiger partial charge in [0, 0.05) is 31.7 Å². The van der Waals surface area contributed by atoms with Gasteiger partial charge in [0.05, 0.1) is 7.11 Å². The highest BCUT2D eigenvalue weighted by atomic mass is 16.5. The molecule has 1 saturated heterocycles. The van der Waals surface area contributed by atoms with Crippen LogP contribution >= 0.6 is 0 Å². The molecule has 13 heavy (non-hydrogen) atoms. The normalized spacial score (nSPS) is 19.5. The molecule has 0 aromatic rings. The Morgan fingerprint density at radius 3 is 2.69 bits per heavy atom. The van der Waals surface area contributed by atoms with Gasteiger partial charge in [0.2, 0.25) is 0 Å². The number of ether oxygens (including phenoxy) is 1. The number of carbonyl (C=O) groups excluding carboxylic acids is 1. The predicted molar refractivity (Wildman–Crippen MR) is 47.2 cm³/mol. The van der Waals surface area contributed by atoms with Crippen LogP contribution in [-0.4, -0.2) is 49.5 Å². The number of aliphatic hydroxyl groups excluding tert-OH is 1. The van der Waals surface area contributed by atoms with Crippen molar-refractivity contribution in [2.45, 2.75) is 6.42 Å². The van der Waals surface area contributed by atoms with E-state index in [1.165, 1.54) is 7.11 Å². The molecule has 0 spiro atoms. The quantitative estimate of drug-likeness (QED) is 0.620. The number of rotatable bonds is 3. The zero-order valence-corrected chi connectivity index (χ0v) is 7.82. The summed E-state index contributed by atoms with van der Waals surface area (Å²) in [6.07, 6.45) is 0.332. The summed E-state index contributed by atoms with van der Waals surface area (Å²) in [5, 5.41) is 8.79. The monoisotopic (exact) mass is 188 g/mol. The molecule has 1 fully saturated rings. The molecule has 0 unspecified atom stereocenters. The van der Waals surface area contributed by atoms with E-state index in [-0.39, 0.29) is 18.1 Å². The number of nitrogens with two attached hydrogens (primary N) is 1. The van der Waals surface area contributed by atoms with Crippen molar-refractivity contribution in [1.82, 2.24) is 4.90 Å². The molecule has 0 saturated carbocycles. The lowest BCUT2D eigenvalue weighted by molar-refractivity contribution is -0.00581. The van der Waals surface area contributed by atoms with Crippen molar-refractivity contribution in [3.05, 3.63) is 0 Å². The van der Waals surface area contributed by atoms with Crippen molar-refractivity contribution >= 4 is 6.09 Å². The van der Waals surface area contributed by atoms with E-state index in [4.69, 9.17) is 10.8 Å². The van der Waals surface area contributed by atoms with E-state index in [9.17, 15) is 4.79 Å². The maximum absolute atomic E-state index is 11.0. The highest BCUT2D eigenvalue weighted by molar-refractivity contribution is 5.68. The van der Waals surface area contributed by atoms with Crippen LogP contribution in [0.25, 0.3) is 0 Å². The zero-order valence-electron chi connectivity index (χ0n) is 7.82. The van der Waals surface area contributed by atoms with E-state index >= 15 is 0 Å². The number of nitrogens with zero attached hydrogens (tertiary/aromatic N) is 1. The fraction of sp³-hybridized carbons (Fsp3) is 0.875. The van der Waals surface area contributed by atoms with Crippen LogP contribution in [0.1, 0.15) is 6.42 Å². The second kappa shape index (κ2) is 3.93. The maximum atomic E-state index is 11.0. The summed E-state index contributed by atoms with van der Waals surface area (Å²) < 4.78 is 4.55. The van der Waals surface area contributed by atoms with Crippen LogP contribution in [0, 0.1) is 5.41 Å². The molecule has 5 heteroatoms. The second-order valence-corrected chi connectivity index (χ2v) is 3.50. The molecule has 0 bridgehead atoms. The third-order valence-corrected chi connectivity index (χ3v) is 2.56. The summed E-state index contributed by atoms with van der Waals surface area (Å²) in [5.74, 6) is 0. The van der Waals surface area contributed by atoms with Crippen LogP contribution in [0.5, 0.6) is 0 Å². The van der Waals surface area contributed by atoms with E-state index < -0.39 is 0 Å². The van der Waals surface area contributed by atoms with E-state index in [2.05, 4.69) is 4.74 Å². The summed E-state index contributed by atoms with van der Waals surface area (Å²) in [6.45, 7) is 1.81. The number of aliphatic hydroxyl groups is 1. The molecule has 76 valence electrons. The Balaban J connectivity index is 2.39. The summed E-state index contributed by atoms with van der Waals surface area (Å²) in [5.41, 5.74) is 5.49. The zero-order chi connectivity index (χ0) is 9.90. The van der Waals surface area contributed by atoms with Gasteiger partial charge in [0.1, 0.15) is 0 Å². The molecular weight excluding hydrogens is 172 g/mol. The van der Waals surface area contributed by atoms with Gasteiger partial charge in [-0.05, 0) is 6.42 Å². The predicted octanol–water partition coefficient (Wildman–Crippen LogP) is -0.604. The van der Waals surface area contributed by atoms with Crippen LogP contribution < -0.4 is 5.73 Å². The van der Waals surface area contributed by atoms with E-state index in [0.717, 1.165) is 0 Å². The fourth-order valence-electron chi connectivity index (χ4n) is 1.65. The van der Waals surface area contributed by atoms with Gasteiger partial charge in [-0.3, -0.25) is 0 Å². The van der Waals surface area contributed by atoms with Crippen LogP contribution in [-0.2, 0) is 4.74 Å². The highest BCUT2D eigenvalue weighted by Crippen LogP contribution is 2.32. The fourth-order valence-corrected chi connectivity index (χ4v) is 1.65. The van der Waals surface area contributed by atoms with Crippen molar-refractivity contribution < 1.29 is 14.6 Å². The highest BCUT2D eigenvalue weighted by Gasteiger charge is 2.44. The number of carbonyl (C=O) groups is 1. The Labute approximate surface area is 77.5 Å². The number of hydrogen-bond acceptors (Lipinski definition) is 4. The van der Waals surface area contributed by atoms with Crippen molar-refractivity contribution in [3.63, 3.8) is 0 Å². The number of amides is 1. The summed E-state index contributed by atoms with van der Waals surface area (Å²) in [7, 11) is 1.36. The Morgan fingerprint density at radius 2 is 2.31 bits per heavy atom. The summed E-state index contributed by atoms with van der Waals surface area (Å²) in [4.78, 5) is 12.6. The van der Waals surface area contributed by atoms with Crippen molar-refractivity contribution in [2.75, 3.05) is 33.4 Å². The summed E-state index contributed by atoms with van der Waals surface area (Å²) >= 11 is 0. The van der Waals surface area contributed by atoms with Crippen molar-refractivity contribution in [2.24, 2.45) is 11.1 Å². The average molecular weight is 188 g/mol. The Kier molecular flexibility index (Phi) is 3.11. The maximum Gasteiger partial charge on any atom is 0.409 e. The topological polar surface area (TPSA) is 75.8 Å². The van der Waals surface area contributed by atoms with Gasteiger partial charge in [-0.15, -0.1) is 0 Å². The molecular formula is C8H16N2O3. The van der Waals surface area contributed by atoms with E-state index in [0.29, 0.717) is 26.1 Å². The van der Waals surface area contributed by atoms with Gasteiger partial charge in [-0.2, -0.15) is 0 Å². The minimum absolute atomic E-state index is 0.0804. The van der Waals surface area contributed by atoms with E-state index in [1.54, 1.807) is 4.90 Å². The van der Waals surface area contributed by atoms with Gasteiger partial charge in [0.15, 0.2) is 0 Å². The molecule has 1 heterocycles. The first-order chi connectivity index (χ1) is 6.17. The lowest BCUT2D eigenvalue weighted by atomic mass is 9.77. The Bertz CT molecular complexity index is 190. The molecule has 1 aliphatic heterocycles. The van der Waals surface area contributed by atoms with Crippen molar-refractivity contribution in [3.8, 4) is 0 Å². The van der Waals surface area contributed by atoms with Crippen LogP contribution in [0.2, 0.25) is 0 Å². The third-order valence-electron chi connectivity index (χ3n) is 2.56. The van der Waals surface area contributed by atoms with Gasteiger partial charge in [0.25, 0.3) is 0 Å². The van der Waals surface area contributed by atoms with Crippen LogP contribution in [0.15, 0.2) is 0 Å². The molecule has 5 nitrogen and oxygen atoms in total. The van der Waals surface area contributed by atoms with Gasteiger partial charge >= 0.3 is 6.09 Å². The smallest absolute Gasteiger partial charge is 0.409 e. The molecule has 0 aromatic carbocycles. The molecule has 3 N–H and O–H groups in total. The van der Waals surface area contributed by atoms with Crippen LogP contribution in [0.3, 0.4) is 0 Å². The standard InChI is InChI=1S/C8H16N2O3/c1-13-7(12)10-5-8(4-9,6-10)2-3-11/h11H,2-6,9H2,1H3. The first-order valence-corrected chi connectivity index (χ1v) is 4.31. The molecule has 0 aliphatic carbocycles. The minimum Gasteiger partial charge on any atom is -0.453 e. The lowest BCUT2D eigenvalue weighted by Crippen LogP contribution is -2.61. The third kappa shape index (κ3) is 1.92. The summed E-state index contributed by atoms with van der Waals surface area (Å²) in [6, 6.07) is 0. The minimum atomic E-state index is -0.318. The average Bonchev–Trinajstić information content (AvgIpc) is 2.09. The number of hydrogen-bond donors (Lipinski definition) is 2. The van der Waals surface area contributed by atoms with Gasteiger partial charge in [-0.25, -0.2) is 4.79 Å². The molecule has 0 atom stereocenters. The molecule has 1 rings (SSSR count). The Morgan fingerprint density at radius 1 is 1.69 bits per heavy atom. The van der Waals surface area contributed by atoms with E-state index in [1.807, 2.05) is 0 Å².